The van der Waals surface area contributed by atoms with Gasteiger partial charge in [0.05, 0.1) is 24.5 Å². The van der Waals surface area contributed by atoms with Crippen LogP contribution >= 0.6 is 0 Å². The van der Waals surface area contributed by atoms with Crippen LogP contribution in [0.25, 0.3) is 0 Å². The summed E-state index contributed by atoms with van der Waals surface area (Å²) < 4.78 is 113. The molecule has 0 fully saturated rings. The topological polar surface area (TPSA) is 81.7 Å². The van der Waals surface area contributed by atoms with Crippen LogP contribution in [-0.4, -0.2) is 27.7 Å². The average molecular weight is 513 g/mol. The Kier molecular flexibility index (Phi) is 8.12. The maximum Gasteiger partial charge on any atom is 0.416 e. The Morgan fingerprint density at radius 1 is 1.00 bits per heavy atom. The van der Waals surface area contributed by atoms with E-state index < -0.39 is 57.5 Å². The van der Waals surface area contributed by atoms with Gasteiger partial charge in [-0.15, -0.1) is 0 Å². The summed E-state index contributed by atoms with van der Waals surface area (Å²) in [5.41, 5.74) is -2.85. The summed E-state index contributed by atoms with van der Waals surface area (Å²) in [4.78, 5) is 11.9. The van der Waals surface area contributed by atoms with Crippen LogP contribution < -0.4 is 14.2 Å². The van der Waals surface area contributed by atoms with Gasteiger partial charge in [0.2, 0.25) is 15.9 Å². The first kappa shape index (κ1) is 27.3. The third kappa shape index (κ3) is 7.54. The number of hydrogen-bond donors (Lipinski definition) is 1. The quantitative estimate of drug-likeness (QED) is 0.524. The first-order valence-electron chi connectivity index (χ1n) is 9.60. The minimum Gasteiger partial charge on any atom is -0.493 e. The van der Waals surface area contributed by atoms with Crippen molar-refractivity contribution in [2.45, 2.75) is 32.3 Å². The number of methoxy groups -OCH3 is 1. The van der Waals surface area contributed by atoms with Gasteiger partial charge in [0.15, 0.2) is 11.5 Å². The molecule has 1 amide bonds. The van der Waals surface area contributed by atoms with Crippen LogP contribution in [0.5, 0.6) is 11.5 Å². The van der Waals surface area contributed by atoms with Crippen LogP contribution in [0.2, 0.25) is 0 Å². The Balaban J connectivity index is 2.22. The van der Waals surface area contributed by atoms with Crippen LogP contribution in [-0.2, 0) is 40.2 Å². The van der Waals surface area contributed by atoms with Crippen LogP contribution in [0.3, 0.4) is 0 Å². The summed E-state index contributed by atoms with van der Waals surface area (Å²) >= 11 is 0. The Hall–Kier alpha value is -2.96. The molecule has 13 heteroatoms. The number of benzene rings is 2. The van der Waals surface area contributed by atoms with E-state index in [1.807, 2.05) is 4.72 Å². The van der Waals surface area contributed by atoms with Gasteiger partial charge in [0, 0.05) is 11.5 Å². The molecule has 1 N–H and O–H groups in total. The van der Waals surface area contributed by atoms with Crippen molar-refractivity contribution in [3.63, 3.8) is 0 Å². The van der Waals surface area contributed by atoms with Crippen molar-refractivity contribution in [1.29, 1.82) is 0 Å². The minimum absolute atomic E-state index is 0.0208. The molecule has 34 heavy (non-hydrogen) atoms. The summed E-state index contributed by atoms with van der Waals surface area (Å²) in [7, 11) is -2.46. The van der Waals surface area contributed by atoms with Gasteiger partial charge < -0.3 is 9.47 Å². The Morgan fingerprint density at radius 2 is 1.65 bits per heavy atom. The van der Waals surface area contributed by atoms with Crippen LogP contribution in [0.15, 0.2) is 36.4 Å². The predicted molar refractivity (Wildman–Crippen MR) is 110 cm³/mol. The van der Waals surface area contributed by atoms with Gasteiger partial charge in [0.1, 0.15) is 6.61 Å². The number of hydrogen-bond acceptors (Lipinski definition) is 5. The lowest BCUT2D eigenvalue weighted by Gasteiger charge is -2.18. The van der Waals surface area contributed by atoms with Gasteiger partial charge in [-0.25, -0.2) is 8.42 Å². The first-order chi connectivity index (χ1) is 15.5. The molecule has 2 aromatic carbocycles. The van der Waals surface area contributed by atoms with Gasteiger partial charge in [-0.3, -0.25) is 9.52 Å². The van der Waals surface area contributed by atoms with Crippen molar-refractivity contribution < 1.29 is 49.0 Å². The Morgan fingerprint density at radius 3 is 2.18 bits per heavy atom. The van der Waals surface area contributed by atoms with Crippen molar-refractivity contribution >= 4 is 15.9 Å². The van der Waals surface area contributed by atoms with E-state index in [1.54, 1.807) is 0 Å². The van der Waals surface area contributed by atoms with Crippen molar-refractivity contribution in [2.75, 3.05) is 13.4 Å². The van der Waals surface area contributed by atoms with E-state index >= 15 is 0 Å². The lowest BCUT2D eigenvalue weighted by atomic mass is 10.0. The summed E-state index contributed by atoms with van der Waals surface area (Å²) in [6.45, 7) is 0.816. The molecule has 0 aromatic heterocycles. The number of halogens is 6. The first-order valence-corrected chi connectivity index (χ1v) is 11.5. The second-order valence-electron chi connectivity index (χ2n) is 7.48. The molecule has 0 saturated heterocycles. The molecule has 1 unspecified atom stereocenters. The van der Waals surface area contributed by atoms with Gasteiger partial charge in [0.25, 0.3) is 0 Å². The van der Waals surface area contributed by atoms with E-state index in [1.165, 1.54) is 32.2 Å². The van der Waals surface area contributed by atoms with Gasteiger partial charge in [-0.2, -0.15) is 26.3 Å². The highest BCUT2D eigenvalue weighted by atomic mass is 32.2. The number of carbonyl (C=O) groups is 1. The molecule has 0 saturated carbocycles. The van der Waals surface area contributed by atoms with Crippen molar-refractivity contribution in [3.8, 4) is 11.5 Å². The van der Waals surface area contributed by atoms with Gasteiger partial charge >= 0.3 is 12.4 Å². The number of amides is 1. The van der Waals surface area contributed by atoms with Crippen molar-refractivity contribution in [1.82, 2.24) is 4.72 Å². The Bertz CT molecular complexity index is 1150. The molecule has 6 nitrogen and oxygen atoms in total. The van der Waals surface area contributed by atoms with Crippen LogP contribution in [0.1, 0.15) is 29.2 Å². The van der Waals surface area contributed by atoms with Crippen LogP contribution in [0.4, 0.5) is 26.3 Å². The largest absolute Gasteiger partial charge is 0.493 e. The van der Waals surface area contributed by atoms with E-state index in [2.05, 4.69) is 0 Å². The fourth-order valence-electron chi connectivity index (χ4n) is 2.99. The Labute approximate surface area is 191 Å². The lowest BCUT2D eigenvalue weighted by Crippen LogP contribution is -2.34. The van der Waals surface area contributed by atoms with E-state index in [4.69, 9.17) is 9.47 Å². The molecular weight excluding hydrogens is 492 g/mol. The second-order valence-corrected chi connectivity index (χ2v) is 9.23. The zero-order valence-corrected chi connectivity index (χ0v) is 19.0. The summed E-state index contributed by atoms with van der Waals surface area (Å²) in [5.74, 6) is -1.32. The fourth-order valence-corrected chi connectivity index (χ4v) is 3.55. The van der Waals surface area contributed by atoms with Crippen molar-refractivity contribution in [2.24, 2.45) is 5.92 Å². The standard InChI is InChI=1S/C21H21F6NO5S/c1-12(19(29)28-34(3,30)31)8-13-4-7-17(18(9-13)32-2)33-11-14-5-6-15(20(22,23)24)10-16(14)21(25,26)27/h4-7,9-10,12H,8,11H2,1-3H3,(H,28,29). The molecule has 0 spiro atoms. The molecule has 0 aliphatic rings. The molecular formula is C21H21F6NO5S. The summed E-state index contributed by atoms with van der Waals surface area (Å²) in [6, 6.07) is 5.59. The number of ether oxygens (including phenoxy) is 2. The second kappa shape index (κ2) is 10.1. The van der Waals surface area contributed by atoms with Crippen LogP contribution in [0, 0.1) is 5.92 Å². The maximum atomic E-state index is 13.3. The SMILES string of the molecule is COc1cc(CC(C)C(=O)NS(C)(=O)=O)ccc1OCc1ccc(C(F)(F)F)cc1C(F)(F)F. The smallest absolute Gasteiger partial charge is 0.416 e. The third-order valence-corrected chi connectivity index (χ3v) is 5.20. The van der Waals surface area contributed by atoms with Crippen molar-refractivity contribution in [3.05, 3.63) is 58.7 Å². The molecule has 188 valence electrons. The average Bonchev–Trinajstić information content (AvgIpc) is 2.69. The maximum absolute atomic E-state index is 13.3. The normalized spacial score (nSPS) is 13.3. The molecule has 2 aromatic rings. The molecule has 0 heterocycles. The molecule has 0 aliphatic heterocycles. The number of nitrogens with one attached hydrogen (secondary N) is 1. The minimum atomic E-state index is -5.03. The number of rotatable bonds is 8. The summed E-state index contributed by atoms with van der Waals surface area (Å²) in [6.07, 6.45) is -9.01. The molecule has 2 rings (SSSR count). The number of carbonyl (C=O) groups excluding carboxylic acids is 1. The summed E-state index contributed by atoms with van der Waals surface area (Å²) in [5, 5.41) is 0. The third-order valence-electron chi connectivity index (χ3n) is 4.63. The van der Waals surface area contributed by atoms with E-state index in [0.29, 0.717) is 17.7 Å². The zero-order valence-electron chi connectivity index (χ0n) is 18.2. The van der Waals surface area contributed by atoms with Gasteiger partial charge in [-0.05, 0) is 36.2 Å². The molecule has 0 aliphatic carbocycles. The lowest BCUT2D eigenvalue weighted by molar-refractivity contribution is -0.143. The molecule has 0 radical (unpaired) electrons. The molecule has 0 bridgehead atoms. The zero-order chi connectivity index (χ0) is 25.9. The number of sulfonamides is 1. The highest BCUT2D eigenvalue weighted by Gasteiger charge is 2.38. The van der Waals surface area contributed by atoms with E-state index in [0.717, 1.165) is 6.26 Å². The highest BCUT2D eigenvalue weighted by Crippen LogP contribution is 2.38. The fraction of sp³-hybridized carbons (Fsp3) is 0.381. The predicted octanol–water partition coefficient (Wildman–Crippen LogP) is 4.57. The van der Waals surface area contributed by atoms with E-state index in [9.17, 15) is 39.6 Å². The van der Waals surface area contributed by atoms with E-state index in [-0.39, 0.29) is 24.0 Å². The highest BCUT2D eigenvalue weighted by molar-refractivity contribution is 7.89. The molecule has 1 atom stereocenters. The number of alkyl halides is 6. The van der Waals surface area contributed by atoms with Gasteiger partial charge in [-0.1, -0.05) is 19.1 Å². The monoisotopic (exact) mass is 513 g/mol.